The van der Waals surface area contributed by atoms with Crippen LogP contribution >= 0.6 is 0 Å². The summed E-state index contributed by atoms with van der Waals surface area (Å²) < 4.78 is 38.4. The van der Waals surface area contributed by atoms with Crippen LogP contribution in [-0.2, 0) is 28.6 Å². The second kappa shape index (κ2) is 8.34. The van der Waals surface area contributed by atoms with Crippen LogP contribution in [0.25, 0.3) is 10.8 Å². The number of halogens is 3. The summed E-state index contributed by atoms with van der Waals surface area (Å²) >= 11 is 0. The number of benzene rings is 3. The van der Waals surface area contributed by atoms with Crippen LogP contribution in [0, 0.1) is 0 Å². The summed E-state index contributed by atoms with van der Waals surface area (Å²) in [7, 11) is 0. The van der Waals surface area contributed by atoms with Gasteiger partial charge in [0, 0.05) is 6.42 Å². The molecule has 0 unspecified atom stereocenters. The third kappa shape index (κ3) is 5.34. The molecule has 3 aromatic carbocycles. The van der Waals surface area contributed by atoms with Gasteiger partial charge in [0.05, 0.1) is 12.0 Å². The third-order valence-electron chi connectivity index (χ3n) is 4.55. The molecule has 150 valence electrons. The summed E-state index contributed by atoms with van der Waals surface area (Å²) in [5.74, 6) is -1.29. The maximum absolute atomic E-state index is 12.8. The maximum Gasteiger partial charge on any atom is 0.416 e. The Morgan fingerprint density at radius 3 is 2.31 bits per heavy atom. The number of carbonyl (C=O) groups excluding carboxylic acids is 2. The summed E-state index contributed by atoms with van der Waals surface area (Å²) in [4.78, 5) is 24.1. The van der Waals surface area contributed by atoms with Crippen LogP contribution in [0.4, 0.5) is 13.2 Å². The van der Waals surface area contributed by atoms with E-state index in [2.05, 4.69) is 5.32 Å². The highest BCUT2D eigenvalue weighted by Gasteiger charge is 2.30. The van der Waals surface area contributed by atoms with E-state index in [1.54, 1.807) is 0 Å². The predicted molar refractivity (Wildman–Crippen MR) is 104 cm³/mol. The van der Waals surface area contributed by atoms with Crippen molar-refractivity contribution in [3.63, 3.8) is 0 Å². The van der Waals surface area contributed by atoms with Crippen LogP contribution in [0.5, 0.6) is 0 Å². The zero-order chi connectivity index (χ0) is 21.0. The molecule has 0 heterocycles. The van der Waals surface area contributed by atoms with Gasteiger partial charge in [-0.3, -0.25) is 9.59 Å². The van der Waals surface area contributed by atoms with Gasteiger partial charge in [0.2, 0.25) is 11.8 Å². The normalized spacial score (nSPS) is 12.5. The SMILES string of the molecule is NC(=O)[C@@H](Cc1ccc2ccccc2c1)NC(=O)Cc1cccc(C(F)(F)F)c1. The van der Waals surface area contributed by atoms with Gasteiger partial charge in [0.15, 0.2) is 0 Å². The van der Waals surface area contributed by atoms with Gasteiger partial charge < -0.3 is 11.1 Å². The van der Waals surface area contributed by atoms with E-state index in [1.165, 1.54) is 12.1 Å². The fraction of sp³-hybridized carbons (Fsp3) is 0.182. The topological polar surface area (TPSA) is 72.2 Å². The number of alkyl halides is 3. The largest absolute Gasteiger partial charge is 0.416 e. The number of primary amides is 1. The quantitative estimate of drug-likeness (QED) is 0.664. The van der Waals surface area contributed by atoms with Gasteiger partial charge in [0.1, 0.15) is 6.04 Å². The van der Waals surface area contributed by atoms with Gasteiger partial charge in [0.25, 0.3) is 0 Å². The Balaban J connectivity index is 1.70. The summed E-state index contributed by atoms with van der Waals surface area (Å²) in [5.41, 5.74) is 5.60. The van der Waals surface area contributed by atoms with Crippen LogP contribution in [0.3, 0.4) is 0 Å². The van der Waals surface area contributed by atoms with Gasteiger partial charge in [-0.15, -0.1) is 0 Å². The van der Waals surface area contributed by atoms with Crippen molar-refractivity contribution in [2.45, 2.75) is 25.1 Å². The van der Waals surface area contributed by atoms with Crippen LogP contribution in [0.2, 0.25) is 0 Å². The molecule has 0 aromatic heterocycles. The number of hydrogen-bond acceptors (Lipinski definition) is 2. The molecule has 29 heavy (non-hydrogen) atoms. The van der Waals surface area contributed by atoms with Crippen LogP contribution in [0.15, 0.2) is 66.7 Å². The summed E-state index contributed by atoms with van der Waals surface area (Å²) in [6.07, 6.45) is -4.59. The van der Waals surface area contributed by atoms with Crippen molar-refractivity contribution < 1.29 is 22.8 Å². The molecule has 0 aliphatic heterocycles. The lowest BCUT2D eigenvalue weighted by molar-refractivity contribution is -0.137. The molecule has 1 atom stereocenters. The van der Waals surface area contributed by atoms with E-state index in [9.17, 15) is 22.8 Å². The minimum atomic E-state index is -4.49. The van der Waals surface area contributed by atoms with E-state index in [0.717, 1.165) is 28.5 Å². The molecule has 2 amide bonds. The molecule has 0 saturated heterocycles. The van der Waals surface area contributed by atoms with E-state index < -0.39 is 29.6 Å². The van der Waals surface area contributed by atoms with Gasteiger partial charge >= 0.3 is 6.18 Å². The summed E-state index contributed by atoms with van der Waals surface area (Å²) in [5, 5.41) is 4.56. The van der Waals surface area contributed by atoms with E-state index in [1.807, 2.05) is 42.5 Å². The molecule has 0 radical (unpaired) electrons. The van der Waals surface area contributed by atoms with E-state index in [4.69, 9.17) is 5.73 Å². The second-order valence-corrected chi connectivity index (χ2v) is 6.78. The lowest BCUT2D eigenvalue weighted by atomic mass is 10.0. The van der Waals surface area contributed by atoms with Gasteiger partial charge in [-0.2, -0.15) is 13.2 Å². The van der Waals surface area contributed by atoms with Crippen molar-refractivity contribution in [1.82, 2.24) is 5.32 Å². The molecular formula is C22H19F3N2O2. The molecule has 0 aliphatic carbocycles. The highest BCUT2D eigenvalue weighted by atomic mass is 19.4. The molecule has 3 N–H and O–H groups in total. The third-order valence-corrected chi connectivity index (χ3v) is 4.55. The molecule has 4 nitrogen and oxygen atoms in total. The smallest absolute Gasteiger partial charge is 0.368 e. The lowest BCUT2D eigenvalue weighted by Gasteiger charge is -2.16. The number of rotatable bonds is 6. The number of fused-ring (bicyclic) bond motifs is 1. The highest BCUT2D eigenvalue weighted by Crippen LogP contribution is 2.29. The second-order valence-electron chi connectivity index (χ2n) is 6.78. The lowest BCUT2D eigenvalue weighted by Crippen LogP contribution is -2.46. The van der Waals surface area contributed by atoms with Crippen molar-refractivity contribution in [1.29, 1.82) is 0 Å². The van der Waals surface area contributed by atoms with Crippen molar-refractivity contribution in [2.75, 3.05) is 0 Å². The fourth-order valence-electron chi connectivity index (χ4n) is 3.11. The Labute approximate surface area is 165 Å². The molecule has 3 rings (SSSR count). The maximum atomic E-state index is 12.8. The molecule has 0 saturated carbocycles. The van der Waals surface area contributed by atoms with Crippen LogP contribution in [0.1, 0.15) is 16.7 Å². The Hall–Kier alpha value is -3.35. The molecule has 0 aliphatic rings. The average molecular weight is 400 g/mol. The monoisotopic (exact) mass is 400 g/mol. The summed E-state index contributed by atoms with van der Waals surface area (Å²) in [6, 6.07) is 16.9. The van der Waals surface area contributed by atoms with Gasteiger partial charge in [-0.1, -0.05) is 60.7 Å². The first kappa shape index (κ1) is 20.4. The Kier molecular flexibility index (Phi) is 5.87. The Morgan fingerprint density at radius 2 is 1.62 bits per heavy atom. The van der Waals surface area contributed by atoms with Crippen molar-refractivity contribution in [3.05, 3.63) is 83.4 Å². The van der Waals surface area contributed by atoms with E-state index in [0.29, 0.717) is 0 Å². The first-order chi connectivity index (χ1) is 13.7. The molecular weight excluding hydrogens is 381 g/mol. The number of amides is 2. The average Bonchev–Trinajstić information content (AvgIpc) is 2.67. The molecule has 7 heteroatoms. The zero-order valence-corrected chi connectivity index (χ0v) is 15.4. The van der Waals surface area contributed by atoms with Gasteiger partial charge in [-0.25, -0.2) is 0 Å². The Bertz CT molecular complexity index is 1050. The number of hydrogen-bond donors (Lipinski definition) is 2. The molecule has 0 fully saturated rings. The number of carbonyl (C=O) groups is 2. The highest BCUT2D eigenvalue weighted by molar-refractivity contribution is 5.88. The van der Waals surface area contributed by atoms with Crippen LogP contribution < -0.4 is 11.1 Å². The number of nitrogens with two attached hydrogens (primary N) is 1. The van der Waals surface area contributed by atoms with Crippen molar-refractivity contribution >= 4 is 22.6 Å². The van der Waals surface area contributed by atoms with E-state index in [-0.39, 0.29) is 18.4 Å². The molecule has 0 bridgehead atoms. The summed E-state index contributed by atoms with van der Waals surface area (Å²) in [6.45, 7) is 0. The first-order valence-electron chi connectivity index (χ1n) is 8.95. The molecule has 3 aromatic rings. The standard InChI is InChI=1S/C22H19F3N2O2/c23-22(24,25)18-7-3-4-14(11-18)13-20(28)27-19(21(26)29)12-15-8-9-16-5-1-2-6-17(16)10-15/h1-11,19H,12-13H2,(H2,26,29)(H,27,28)/t19-/m1/s1. The number of nitrogens with one attached hydrogen (secondary N) is 1. The predicted octanol–water partition coefficient (Wildman–Crippen LogP) is 3.61. The zero-order valence-electron chi connectivity index (χ0n) is 15.4. The van der Waals surface area contributed by atoms with Crippen LogP contribution in [-0.4, -0.2) is 17.9 Å². The fourth-order valence-corrected chi connectivity index (χ4v) is 3.11. The molecule has 0 spiro atoms. The Morgan fingerprint density at radius 1 is 0.897 bits per heavy atom. The first-order valence-corrected chi connectivity index (χ1v) is 8.95. The van der Waals surface area contributed by atoms with Crippen molar-refractivity contribution in [2.24, 2.45) is 5.73 Å². The minimum absolute atomic E-state index is 0.189. The van der Waals surface area contributed by atoms with Crippen molar-refractivity contribution in [3.8, 4) is 0 Å². The van der Waals surface area contributed by atoms with Gasteiger partial charge in [-0.05, 0) is 28.0 Å². The van der Waals surface area contributed by atoms with E-state index >= 15 is 0 Å². The minimum Gasteiger partial charge on any atom is -0.368 e.